The average molecular weight is 371 g/mol. The van der Waals surface area contributed by atoms with Crippen LogP contribution in [0.4, 0.5) is 0 Å². The minimum Gasteiger partial charge on any atom is -0.489 e. The third-order valence-electron chi connectivity index (χ3n) is 3.44. The van der Waals surface area contributed by atoms with Crippen molar-refractivity contribution in [3.05, 3.63) is 70.1 Å². The van der Waals surface area contributed by atoms with Gasteiger partial charge in [0.05, 0.1) is 10.5 Å². The summed E-state index contributed by atoms with van der Waals surface area (Å²) in [4.78, 5) is 23.5. The molecule has 0 atom stereocenters. The van der Waals surface area contributed by atoms with Gasteiger partial charge >= 0.3 is 5.97 Å². The molecular formula is C18H13NO4S2. The van der Waals surface area contributed by atoms with Crippen LogP contribution in [0.2, 0.25) is 0 Å². The third-order valence-corrected chi connectivity index (χ3v) is 4.60. The van der Waals surface area contributed by atoms with E-state index in [9.17, 15) is 14.7 Å². The van der Waals surface area contributed by atoms with Gasteiger partial charge in [0.2, 0.25) is 0 Å². The van der Waals surface area contributed by atoms with Gasteiger partial charge in [-0.1, -0.05) is 54.3 Å². The summed E-state index contributed by atoms with van der Waals surface area (Å²) >= 11 is 6.18. The van der Waals surface area contributed by atoms with Crippen molar-refractivity contribution in [1.82, 2.24) is 5.32 Å². The summed E-state index contributed by atoms with van der Waals surface area (Å²) in [5.41, 5.74) is 1.61. The number of carboxylic acids is 1. The molecule has 0 aliphatic carbocycles. The first kappa shape index (κ1) is 17.2. The van der Waals surface area contributed by atoms with Gasteiger partial charge in [-0.2, -0.15) is 0 Å². The first-order valence-corrected chi connectivity index (χ1v) is 8.54. The van der Waals surface area contributed by atoms with Gasteiger partial charge in [0, 0.05) is 5.56 Å². The van der Waals surface area contributed by atoms with Crippen molar-refractivity contribution in [2.45, 2.75) is 6.61 Å². The van der Waals surface area contributed by atoms with E-state index in [4.69, 9.17) is 17.0 Å². The van der Waals surface area contributed by atoms with Crippen molar-refractivity contribution >= 4 is 46.3 Å². The molecule has 1 aliphatic heterocycles. The van der Waals surface area contributed by atoms with Gasteiger partial charge in [-0.05, 0) is 29.8 Å². The number of thiocarbonyl (C=S) groups is 1. The van der Waals surface area contributed by atoms with Gasteiger partial charge in [-0.15, -0.1) is 0 Å². The van der Waals surface area contributed by atoms with Gasteiger partial charge in [0.15, 0.2) is 0 Å². The van der Waals surface area contributed by atoms with Crippen LogP contribution in [0.25, 0.3) is 6.08 Å². The number of nitrogens with one attached hydrogen (secondary N) is 1. The van der Waals surface area contributed by atoms with E-state index in [2.05, 4.69) is 5.32 Å². The Kier molecular flexibility index (Phi) is 5.16. The highest BCUT2D eigenvalue weighted by molar-refractivity contribution is 8.26. The normalized spacial score (nSPS) is 15.3. The number of hydrogen-bond donors (Lipinski definition) is 2. The summed E-state index contributed by atoms with van der Waals surface area (Å²) in [5, 5.41) is 11.8. The number of rotatable bonds is 5. The van der Waals surface area contributed by atoms with Crippen LogP contribution in [-0.4, -0.2) is 21.3 Å². The third kappa shape index (κ3) is 4.26. The van der Waals surface area contributed by atoms with Gasteiger partial charge in [-0.25, -0.2) is 4.79 Å². The number of hydrogen-bond acceptors (Lipinski definition) is 5. The number of thioether (sulfide) groups is 1. The van der Waals surface area contributed by atoms with E-state index < -0.39 is 5.97 Å². The molecule has 0 bridgehead atoms. The van der Waals surface area contributed by atoms with E-state index >= 15 is 0 Å². The lowest BCUT2D eigenvalue weighted by Gasteiger charge is -2.09. The van der Waals surface area contributed by atoms with Crippen LogP contribution in [0.1, 0.15) is 21.5 Å². The predicted molar refractivity (Wildman–Crippen MR) is 100 cm³/mol. The van der Waals surface area contributed by atoms with E-state index in [1.165, 1.54) is 11.8 Å². The number of aromatic carboxylic acids is 1. The maximum Gasteiger partial charge on any atom is 0.336 e. The number of carbonyl (C=O) groups excluding carboxylic acids is 1. The molecule has 0 aromatic heterocycles. The van der Waals surface area contributed by atoms with Crippen LogP contribution in [0.15, 0.2) is 53.4 Å². The Morgan fingerprint density at radius 1 is 1.24 bits per heavy atom. The van der Waals surface area contributed by atoms with Crippen molar-refractivity contribution in [3.63, 3.8) is 0 Å². The Morgan fingerprint density at radius 2 is 2.04 bits per heavy atom. The predicted octanol–water partition coefficient (Wildman–Crippen LogP) is 3.45. The highest BCUT2D eigenvalue weighted by Gasteiger charge is 2.21. The molecule has 1 aliphatic rings. The van der Waals surface area contributed by atoms with Crippen LogP contribution in [-0.2, 0) is 11.4 Å². The molecule has 1 heterocycles. The summed E-state index contributed by atoms with van der Waals surface area (Å²) in [6.45, 7) is 0.141. The van der Waals surface area contributed by atoms with E-state index in [-0.39, 0.29) is 18.1 Å². The zero-order valence-corrected chi connectivity index (χ0v) is 14.5. The molecule has 2 N–H and O–H groups in total. The number of ether oxygens (including phenoxy) is 1. The summed E-state index contributed by atoms with van der Waals surface area (Å²) < 4.78 is 6.15. The number of carboxylic acid groups (broad SMARTS) is 1. The Bertz CT molecular complexity index is 892. The fourth-order valence-corrected chi connectivity index (χ4v) is 3.33. The summed E-state index contributed by atoms with van der Waals surface area (Å²) in [5.74, 6) is -0.616. The second-order valence-electron chi connectivity index (χ2n) is 5.18. The lowest BCUT2D eigenvalue weighted by Crippen LogP contribution is -2.17. The average Bonchev–Trinajstić information content (AvgIpc) is 2.91. The molecule has 1 amide bonds. The monoisotopic (exact) mass is 371 g/mol. The molecule has 0 unspecified atom stereocenters. The standard InChI is InChI=1S/C18H13NO4S2/c20-16-15(25-18(24)19-16)9-11-4-3-6-13(8-11)23-10-12-5-1-2-7-14(12)17(21)22/h1-9H,10H2,(H,21,22)(H,19,20,24). The van der Waals surface area contributed by atoms with E-state index in [1.807, 2.05) is 6.07 Å². The molecule has 0 radical (unpaired) electrons. The first-order chi connectivity index (χ1) is 12.0. The first-order valence-electron chi connectivity index (χ1n) is 7.32. The molecule has 1 saturated heterocycles. The van der Waals surface area contributed by atoms with Crippen LogP contribution in [0.3, 0.4) is 0 Å². The van der Waals surface area contributed by atoms with E-state index in [0.29, 0.717) is 20.5 Å². The maximum absolute atomic E-state index is 11.7. The molecule has 0 spiro atoms. The van der Waals surface area contributed by atoms with Crippen molar-refractivity contribution < 1.29 is 19.4 Å². The molecule has 5 nitrogen and oxygen atoms in total. The largest absolute Gasteiger partial charge is 0.489 e. The lowest BCUT2D eigenvalue weighted by atomic mass is 10.1. The quantitative estimate of drug-likeness (QED) is 0.619. The molecule has 2 aromatic carbocycles. The molecule has 1 fully saturated rings. The summed E-state index contributed by atoms with van der Waals surface area (Å²) in [6, 6.07) is 13.9. The van der Waals surface area contributed by atoms with E-state index in [0.717, 1.165) is 5.56 Å². The number of benzene rings is 2. The fraction of sp³-hybridized carbons (Fsp3) is 0.0556. The Labute approximate surface area is 153 Å². The minimum absolute atomic E-state index is 0.141. The molecule has 25 heavy (non-hydrogen) atoms. The van der Waals surface area contributed by atoms with Gasteiger partial charge in [-0.3, -0.25) is 4.79 Å². The molecule has 7 heteroatoms. The maximum atomic E-state index is 11.7. The number of amides is 1. The summed E-state index contributed by atoms with van der Waals surface area (Å²) in [6.07, 6.45) is 1.73. The topological polar surface area (TPSA) is 75.6 Å². The Morgan fingerprint density at radius 3 is 2.76 bits per heavy atom. The van der Waals surface area contributed by atoms with E-state index in [1.54, 1.807) is 48.5 Å². The highest BCUT2D eigenvalue weighted by Crippen LogP contribution is 2.27. The van der Waals surface area contributed by atoms with Crippen LogP contribution < -0.4 is 10.1 Å². The van der Waals surface area contributed by atoms with Crippen LogP contribution in [0.5, 0.6) is 5.75 Å². The smallest absolute Gasteiger partial charge is 0.336 e. The van der Waals surface area contributed by atoms with Crippen LogP contribution >= 0.6 is 24.0 Å². The molecule has 126 valence electrons. The van der Waals surface area contributed by atoms with Crippen molar-refractivity contribution in [3.8, 4) is 5.75 Å². The Hall–Kier alpha value is -2.64. The highest BCUT2D eigenvalue weighted by atomic mass is 32.2. The van der Waals surface area contributed by atoms with Crippen molar-refractivity contribution in [2.75, 3.05) is 0 Å². The molecule has 3 rings (SSSR count). The van der Waals surface area contributed by atoms with Crippen LogP contribution in [0, 0.1) is 0 Å². The molecule has 2 aromatic rings. The molecular weight excluding hydrogens is 358 g/mol. The van der Waals surface area contributed by atoms with Gasteiger partial charge in [0.1, 0.15) is 16.7 Å². The fourth-order valence-electron chi connectivity index (χ4n) is 2.28. The zero-order valence-electron chi connectivity index (χ0n) is 12.9. The van der Waals surface area contributed by atoms with Gasteiger partial charge in [0.25, 0.3) is 5.91 Å². The summed E-state index contributed by atoms with van der Waals surface area (Å²) in [7, 11) is 0. The number of carbonyl (C=O) groups is 2. The minimum atomic E-state index is -0.988. The Balaban J connectivity index is 1.75. The second-order valence-corrected chi connectivity index (χ2v) is 6.89. The van der Waals surface area contributed by atoms with Crippen molar-refractivity contribution in [2.24, 2.45) is 0 Å². The SMILES string of the molecule is O=C1NC(=S)SC1=Cc1cccc(OCc2ccccc2C(=O)O)c1. The lowest BCUT2D eigenvalue weighted by molar-refractivity contribution is -0.115. The zero-order chi connectivity index (χ0) is 17.8. The van der Waals surface area contributed by atoms with Gasteiger partial charge < -0.3 is 15.2 Å². The molecule has 0 saturated carbocycles. The van der Waals surface area contributed by atoms with Crippen molar-refractivity contribution in [1.29, 1.82) is 0 Å². The second kappa shape index (κ2) is 7.50.